The van der Waals surface area contributed by atoms with Crippen LogP contribution in [-0.2, 0) is 19.3 Å². The Bertz CT molecular complexity index is 1050. The van der Waals surface area contributed by atoms with E-state index < -0.39 is 22.5 Å². The Labute approximate surface area is 163 Å². The van der Waals surface area contributed by atoms with Gasteiger partial charge in [0.25, 0.3) is 0 Å². The minimum Gasteiger partial charge on any atom is -0.325 e. The van der Waals surface area contributed by atoms with Crippen molar-refractivity contribution < 1.29 is 18.0 Å². The molecule has 0 aliphatic carbocycles. The minimum atomic E-state index is -4.66. The van der Waals surface area contributed by atoms with Gasteiger partial charge in [-0.25, -0.2) is 4.98 Å². The lowest BCUT2D eigenvalue weighted by Gasteiger charge is -2.17. The normalized spacial score (nSPS) is 14.0. The number of alkyl halides is 3. The number of fused-ring (bicyclic) bond motifs is 1. The van der Waals surface area contributed by atoms with Gasteiger partial charge in [0.05, 0.1) is 22.8 Å². The highest BCUT2D eigenvalue weighted by molar-refractivity contribution is 6.36. The molecule has 1 aromatic carbocycles. The van der Waals surface area contributed by atoms with Crippen molar-refractivity contribution in [2.24, 2.45) is 0 Å². The summed E-state index contributed by atoms with van der Waals surface area (Å²) >= 11 is 5.96. The van der Waals surface area contributed by atoms with Crippen LogP contribution in [0.5, 0.6) is 0 Å². The molecule has 0 saturated heterocycles. The molecular formula is C19H14ClF3N4O. The van der Waals surface area contributed by atoms with Gasteiger partial charge in [-0.15, -0.1) is 0 Å². The fraction of sp³-hybridized carbons (Fsp3) is 0.211. The molecule has 1 N–H and O–H groups in total. The van der Waals surface area contributed by atoms with Crippen LogP contribution in [0.2, 0.25) is 5.02 Å². The van der Waals surface area contributed by atoms with Crippen LogP contribution in [0.25, 0.3) is 11.3 Å². The number of nitrogens with one attached hydrogen (secondary N) is 1. The second-order valence-electron chi connectivity index (χ2n) is 6.29. The van der Waals surface area contributed by atoms with Gasteiger partial charge in [0.2, 0.25) is 5.78 Å². The lowest BCUT2D eigenvalue weighted by Crippen LogP contribution is -2.28. The molecule has 0 spiro atoms. The van der Waals surface area contributed by atoms with Crippen molar-refractivity contribution >= 4 is 17.4 Å². The van der Waals surface area contributed by atoms with E-state index in [0.29, 0.717) is 36.7 Å². The number of rotatable bonds is 3. The number of hydrogen-bond acceptors (Lipinski definition) is 4. The first-order chi connectivity index (χ1) is 13.4. The number of halogens is 4. The summed E-state index contributed by atoms with van der Waals surface area (Å²) in [5, 5.41) is 2.54. The quantitative estimate of drug-likeness (QED) is 0.669. The topological polar surface area (TPSA) is 59.8 Å². The van der Waals surface area contributed by atoms with E-state index in [2.05, 4.69) is 15.3 Å². The minimum absolute atomic E-state index is 0.0629. The average Bonchev–Trinajstić information content (AvgIpc) is 3.07. The average molecular weight is 407 g/mol. The molecule has 0 unspecified atom stereocenters. The highest BCUT2D eigenvalue weighted by atomic mass is 35.5. The lowest BCUT2D eigenvalue weighted by atomic mass is 10.0. The van der Waals surface area contributed by atoms with Gasteiger partial charge in [-0.05, 0) is 24.3 Å². The maximum atomic E-state index is 13.2. The molecule has 0 bridgehead atoms. The summed E-state index contributed by atoms with van der Waals surface area (Å²) in [4.78, 5) is 21.7. The lowest BCUT2D eigenvalue weighted by molar-refractivity contribution is -0.137. The van der Waals surface area contributed by atoms with Crippen LogP contribution in [0.4, 0.5) is 13.2 Å². The van der Waals surface area contributed by atoms with Crippen LogP contribution in [0, 0.1) is 0 Å². The van der Waals surface area contributed by atoms with Crippen LogP contribution < -0.4 is 5.32 Å². The number of pyridine rings is 1. The number of aromatic nitrogens is 3. The molecule has 1 aliphatic rings. The SMILES string of the molecule is O=C(c1cccc(C(F)(F)F)c1Cl)c1nc2n(c1-c1cccnc1)CCNC2. The zero-order valence-electron chi connectivity index (χ0n) is 14.4. The van der Waals surface area contributed by atoms with Crippen LogP contribution in [0.1, 0.15) is 27.4 Å². The fourth-order valence-corrected chi connectivity index (χ4v) is 3.59. The number of carbonyl (C=O) groups excluding carboxylic acids is 1. The zero-order chi connectivity index (χ0) is 19.9. The molecule has 3 heterocycles. The molecule has 28 heavy (non-hydrogen) atoms. The fourth-order valence-electron chi connectivity index (χ4n) is 3.27. The largest absolute Gasteiger partial charge is 0.417 e. The van der Waals surface area contributed by atoms with Crippen molar-refractivity contribution in [3.63, 3.8) is 0 Å². The summed E-state index contributed by atoms with van der Waals surface area (Å²) in [6, 6.07) is 6.81. The molecule has 0 amide bonds. The molecule has 2 aromatic heterocycles. The van der Waals surface area contributed by atoms with Crippen molar-refractivity contribution in [1.82, 2.24) is 19.9 Å². The molecule has 5 nitrogen and oxygen atoms in total. The van der Waals surface area contributed by atoms with E-state index in [-0.39, 0.29) is 11.3 Å². The van der Waals surface area contributed by atoms with Gasteiger partial charge in [0.15, 0.2) is 0 Å². The molecule has 1 aliphatic heterocycles. The van der Waals surface area contributed by atoms with E-state index in [1.807, 2.05) is 4.57 Å². The summed E-state index contributed by atoms with van der Waals surface area (Å²) in [5.74, 6) is -0.0200. The molecule has 3 aromatic rings. The van der Waals surface area contributed by atoms with Crippen LogP contribution in [0.15, 0.2) is 42.7 Å². The predicted molar refractivity (Wildman–Crippen MR) is 97.1 cm³/mol. The molecule has 0 saturated carbocycles. The van der Waals surface area contributed by atoms with Crippen LogP contribution in [-0.4, -0.2) is 26.9 Å². The van der Waals surface area contributed by atoms with Crippen molar-refractivity contribution in [3.8, 4) is 11.3 Å². The van der Waals surface area contributed by atoms with Crippen molar-refractivity contribution in [3.05, 3.63) is 70.4 Å². The van der Waals surface area contributed by atoms with Gasteiger partial charge in [-0.2, -0.15) is 13.2 Å². The third kappa shape index (κ3) is 3.18. The summed E-state index contributed by atoms with van der Waals surface area (Å²) in [6.07, 6.45) is -1.46. The van der Waals surface area contributed by atoms with Gasteiger partial charge in [0, 0.05) is 36.6 Å². The Morgan fingerprint density at radius 1 is 1.21 bits per heavy atom. The van der Waals surface area contributed by atoms with E-state index >= 15 is 0 Å². The smallest absolute Gasteiger partial charge is 0.325 e. The summed E-state index contributed by atoms with van der Waals surface area (Å²) in [7, 11) is 0. The maximum Gasteiger partial charge on any atom is 0.417 e. The standard InChI is InChI=1S/C19H14ClF3N4O/c20-15-12(4-1-5-13(15)19(21,22)23)18(28)16-17(11-3-2-6-24-9-11)27-8-7-25-10-14(27)26-16/h1-6,9,25H,7-8,10H2. The Balaban J connectivity index is 1.89. The Morgan fingerprint density at radius 2 is 2.04 bits per heavy atom. The molecule has 4 rings (SSSR count). The second-order valence-corrected chi connectivity index (χ2v) is 6.67. The molecule has 0 atom stereocenters. The summed E-state index contributed by atoms with van der Waals surface area (Å²) < 4.78 is 41.5. The van der Waals surface area contributed by atoms with E-state index in [9.17, 15) is 18.0 Å². The van der Waals surface area contributed by atoms with Crippen molar-refractivity contribution in [2.45, 2.75) is 19.3 Å². The number of benzene rings is 1. The van der Waals surface area contributed by atoms with Gasteiger partial charge < -0.3 is 9.88 Å². The van der Waals surface area contributed by atoms with Gasteiger partial charge in [-0.1, -0.05) is 17.7 Å². The van der Waals surface area contributed by atoms with Gasteiger partial charge in [-0.3, -0.25) is 9.78 Å². The third-order valence-corrected chi connectivity index (χ3v) is 4.95. The van der Waals surface area contributed by atoms with E-state index in [0.717, 1.165) is 6.07 Å². The number of hydrogen-bond donors (Lipinski definition) is 1. The highest BCUT2D eigenvalue weighted by Gasteiger charge is 2.36. The maximum absolute atomic E-state index is 13.2. The number of ketones is 1. The molecule has 144 valence electrons. The Morgan fingerprint density at radius 3 is 2.75 bits per heavy atom. The second kappa shape index (κ2) is 7.03. The van der Waals surface area contributed by atoms with Gasteiger partial charge >= 0.3 is 6.18 Å². The van der Waals surface area contributed by atoms with Crippen LogP contribution >= 0.6 is 11.6 Å². The molecule has 9 heteroatoms. The van der Waals surface area contributed by atoms with Gasteiger partial charge in [0.1, 0.15) is 11.5 Å². The zero-order valence-corrected chi connectivity index (χ0v) is 15.2. The van der Waals surface area contributed by atoms with Crippen molar-refractivity contribution in [2.75, 3.05) is 6.54 Å². The first-order valence-corrected chi connectivity index (χ1v) is 8.86. The molecular weight excluding hydrogens is 393 g/mol. The van der Waals surface area contributed by atoms with E-state index in [1.165, 1.54) is 12.1 Å². The first-order valence-electron chi connectivity index (χ1n) is 8.49. The number of nitrogens with zero attached hydrogens (tertiary/aromatic N) is 3. The Hall–Kier alpha value is -2.71. The monoisotopic (exact) mass is 406 g/mol. The molecule has 0 fully saturated rings. The number of carbonyl (C=O) groups is 1. The van der Waals surface area contributed by atoms with Crippen molar-refractivity contribution in [1.29, 1.82) is 0 Å². The number of imidazole rings is 1. The van der Waals surface area contributed by atoms with Crippen LogP contribution in [0.3, 0.4) is 0 Å². The predicted octanol–water partition coefficient (Wildman–Crippen LogP) is 3.95. The highest BCUT2D eigenvalue weighted by Crippen LogP contribution is 2.37. The van der Waals surface area contributed by atoms with E-state index in [4.69, 9.17) is 11.6 Å². The molecule has 0 radical (unpaired) electrons. The first kappa shape index (κ1) is 18.6. The third-order valence-electron chi connectivity index (χ3n) is 4.54. The summed E-state index contributed by atoms with van der Waals surface area (Å²) in [5.41, 5.74) is -0.0239. The summed E-state index contributed by atoms with van der Waals surface area (Å²) in [6.45, 7) is 1.72. The Kier molecular flexibility index (Phi) is 4.68. The van der Waals surface area contributed by atoms with E-state index in [1.54, 1.807) is 24.5 Å².